The summed E-state index contributed by atoms with van der Waals surface area (Å²) in [7, 11) is 1.60. The monoisotopic (exact) mass is 221 g/mol. The fourth-order valence-corrected chi connectivity index (χ4v) is 1.39. The van der Waals surface area contributed by atoms with Crippen molar-refractivity contribution in [1.29, 1.82) is 0 Å². The van der Waals surface area contributed by atoms with E-state index >= 15 is 0 Å². The van der Waals surface area contributed by atoms with Crippen LogP contribution >= 0.6 is 0 Å². The highest BCUT2D eigenvalue weighted by atomic mass is 16.5. The molecule has 88 valence electrons. The summed E-state index contributed by atoms with van der Waals surface area (Å²) in [5.41, 5.74) is 1.26. The first-order valence-electron chi connectivity index (χ1n) is 5.52. The number of amides is 1. The molecule has 0 heterocycles. The van der Waals surface area contributed by atoms with Gasteiger partial charge in [-0.3, -0.25) is 4.79 Å². The molecule has 16 heavy (non-hydrogen) atoms. The maximum atomic E-state index is 11.3. The second-order valence-corrected chi connectivity index (χ2v) is 4.10. The van der Waals surface area contributed by atoms with Gasteiger partial charge in [0.15, 0.2) is 6.10 Å². The molecule has 1 N–H and O–H groups in total. The Morgan fingerprint density at radius 3 is 2.19 bits per heavy atom. The Morgan fingerprint density at radius 1 is 1.19 bits per heavy atom. The van der Waals surface area contributed by atoms with Crippen LogP contribution in [0.5, 0.6) is 5.75 Å². The van der Waals surface area contributed by atoms with Crippen molar-refractivity contribution >= 4 is 5.91 Å². The number of likely N-dealkylation sites (N-methyl/N-ethyl adjacent to an activating group) is 1. The number of carbonyl (C=O) groups excluding carboxylic acids is 1. The Balaban J connectivity index is 2.65. The van der Waals surface area contributed by atoms with Crippen molar-refractivity contribution in [1.82, 2.24) is 5.32 Å². The molecule has 0 aliphatic carbocycles. The molecule has 1 atom stereocenters. The maximum Gasteiger partial charge on any atom is 0.260 e. The van der Waals surface area contributed by atoms with Crippen molar-refractivity contribution in [2.75, 3.05) is 7.05 Å². The summed E-state index contributed by atoms with van der Waals surface area (Å²) in [6.07, 6.45) is -0.463. The van der Waals surface area contributed by atoms with Crippen molar-refractivity contribution in [3.05, 3.63) is 29.8 Å². The zero-order valence-corrected chi connectivity index (χ0v) is 10.3. The van der Waals surface area contributed by atoms with Gasteiger partial charge in [-0.15, -0.1) is 0 Å². The van der Waals surface area contributed by atoms with Gasteiger partial charge in [0.05, 0.1) is 0 Å². The average molecular weight is 221 g/mol. The third-order valence-corrected chi connectivity index (χ3v) is 2.48. The largest absolute Gasteiger partial charge is 0.481 e. The highest BCUT2D eigenvalue weighted by Crippen LogP contribution is 2.19. The first-order chi connectivity index (χ1) is 7.54. The molecule has 0 aliphatic heterocycles. The zero-order valence-electron chi connectivity index (χ0n) is 10.3. The summed E-state index contributed by atoms with van der Waals surface area (Å²) in [6, 6.07) is 7.84. The number of benzene rings is 1. The highest BCUT2D eigenvalue weighted by molar-refractivity contribution is 5.80. The predicted octanol–water partition coefficient (Wildman–Crippen LogP) is 2.32. The lowest BCUT2D eigenvalue weighted by Crippen LogP contribution is -2.33. The van der Waals surface area contributed by atoms with E-state index in [-0.39, 0.29) is 5.91 Å². The second-order valence-electron chi connectivity index (χ2n) is 4.10. The molecule has 0 saturated carbocycles. The van der Waals surface area contributed by atoms with E-state index in [4.69, 9.17) is 4.74 Å². The predicted molar refractivity (Wildman–Crippen MR) is 64.7 cm³/mol. The lowest BCUT2D eigenvalue weighted by molar-refractivity contribution is -0.126. The summed E-state index contributed by atoms with van der Waals surface area (Å²) in [6.45, 7) is 6.02. The van der Waals surface area contributed by atoms with Gasteiger partial charge in [0, 0.05) is 7.05 Å². The van der Waals surface area contributed by atoms with Crippen molar-refractivity contribution in [2.24, 2.45) is 0 Å². The molecular formula is C13H19NO2. The maximum absolute atomic E-state index is 11.3. The van der Waals surface area contributed by atoms with Crippen molar-refractivity contribution in [3.63, 3.8) is 0 Å². The molecule has 0 radical (unpaired) electrons. The normalized spacial score (nSPS) is 12.3. The minimum Gasteiger partial charge on any atom is -0.481 e. The van der Waals surface area contributed by atoms with Crippen LogP contribution < -0.4 is 10.1 Å². The van der Waals surface area contributed by atoms with Crippen LogP contribution in [0.15, 0.2) is 24.3 Å². The highest BCUT2D eigenvalue weighted by Gasteiger charge is 2.12. The molecule has 0 aliphatic rings. The topological polar surface area (TPSA) is 38.3 Å². The van der Waals surface area contributed by atoms with Crippen LogP contribution in [0.3, 0.4) is 0 Å². The lowest BCUT2D eigenvalue weighted by Gasteiger charge is -2.13. The summed E-state index contributed by atoms with van der Waals surface area (Å²) in [5.74, 6) is 1.11. The van der Waals surface area contributed by atoms with Crippen molar-refractivity contribution in [2.45, 2.75) is 32.8 Å². The van der Waals surface area contributed by atoms with Crippen LogP contribution in [0.25, 0.3) is 0 Å². The van der Waals surface area contributed by atoms with Gasteiger partial charge in [0.2, 0.25) is 0 Å². The van der Waals surface area contributed by atoms with Gasteiger partial charge < -0.3 is 10.1 Å². The zero-order chi connectivity index (χ0) is 12.1. The standard InChI is InChI=1S/C13H19NO2/c1-9(2)11-5-7-12(8-6-11)16-10(3)13(15)14-4/h5-10H,1-4H3,(H,14,15). The number of rotatable bonds is 4. The molecule has 0 fully saturated rings. The van der Waals surface area contributed by atoms with Crippen molar-refractivity contribution < 1.29 is 9.53 Å². The summed E-state index contributed by atoms with van der Waals surface area (Å²) >= 11 is 0. The number of hydrogen-bond acceptors (Lipinski definition) is 2. The van der Waals surface area contributed by atoms with Crippen LogP contribution in [0.2, 0.25) is 0 Å². The molecule has 0 spiro atoms. The number of nitrogens with one attached hydrogen (secondary N) is 1. The molecule has 1 aromatic rings. The molecule has 3 heteroatoms. The lowest BCUT2D eigenvalue weighted by atomic mass is 10.0. The fraction of sp³-hybridized carbons (Fsp3) is 0.462. The van der Waals surface area contributed by atoms with E-state index in [1.807, 2.05) is 24.3 Å². The van der Waals surface area contributed by atoms with Gasteiger partial charge in [-0.1, -0.05) is 26.0 Å². The average Bonchev–Trinajstić information content (AvgIpc) is 2.28. The molecule has 0 bridgehead atoms. The van der Waals surface area contributed by atoms with Gasteiger partial charge in [-0.25, -0.2) is 0 Å². The molecule has 3 nitrogen and oxygen atoms in total. The van der Waals surface area contributed by atoms with Crippen LogP contribution in [0, 0.1) is 0 Å². The minimum absolute atomic E-state index is 0.118. The molecule has 1 unspecified atom stereocenters. The summed E-state index contributed by atoms with van der Waals surface area (Å²) in [4.78, 5) is 11.3. The van der Waals surface area contributed by atoms with Gasteiger partial charge in [-0.05, 0) is 30.5 Å². The van der Waals surface area contributed by atoms with Gasteiger partial charge in [0.1, 0.15) is 5.75 Å². The molecule has 0 aromatic heterocycles. The Bertz CT molecular complexity index is 343. The van der Waals surface area contributed by atoms with Gasteiger partial charge >= 0.3 is 0 Å². The van der Waals surface area contributed by atoms with Crippen LogP contribution in [-0.2, 0) is 4.79 Å². The van der Waals surface area contributed by atoms with Crippen molar-refractivity contribution in [3.8, 4) is 5.75 Å². The van der Waals surface area contributed by atoms with Crippen LogP contribution in [0.1, 0.15) is 32.3 Å². The van der Waals surface area contributed by atoms with Gasteiger partial charge in [0.25, 0.3) is 5.91 Å². The Hall–Kier alpha value is -1.51. The van der Waals surface area contributed by atoms with E-state index in [1.54, 1.807) is 14.0 Å². The second kappa shape index (κ2) is 5.54. The molecule has 0 saturated heterocycles. The number of ether oxygens (including phenoxy) is 1. The minimum atomic E-state index is -0.463. The Kier molecular flexibility index (Phi) is 4.35. The fourth-order valence-electron chi connectivity index (χ4n) is 1.39. The first-order valence-corrected chi connectivity index (χ1v) is 5.52. The van der Waals surface area contributed by atoms with E-state index in [2.05, 4.69) is 19.2 Å². The first kappa shape index (κ1) is 12.6. The van der Waals surface area contributed by atoms with Crippen LogP contribution in [0.4, 0.5) is 0 Å². The molecule has 1 rings (SSSR count). The molecule has 1 aromatic carbocycles. The number of hydrogen-bond donors (Lipinski definition) is 1. The van der Waals surface area contributed by atoms with E-state index in [0.29, 0.717) is 5.92 Å². The van der Waals surface area contributed by atoms with Gasteiger partial charge in [-0.2, -0.15) is 0 Å². The summed E-state index contributed by atoms with van der Waals surface area (Å²) < 4.78 is 5.49. The number of carbonyl (C=O) groups is 1. The molecule has 1 amide bonds. The Labute approximate surface area is 96.8 Å². The molecular weight excluding hydrogens is 202 g/mol. The third kappa shape index (κ3) is 3.26. The SMILES string of the molecule is CNC(=O)C(C)Oc1ccc(C(C)C)cc1. The van der Waals surface area contributed by atoms with E-state index < -0.39 is 6.10 Å². The van der Waals surface area contributed by atoms with E-state index in [0.717, 1.165) is 5.75 Å². The Morgan fingerprint density at radius 2 is 1.75 bits per heavy atom. The van der Waals surface area contributed by atoms with E-state index in [1.165, 1.54) is 5.56 Å². The smallest absolute Gasteiger partial charge is 0.260 e. The van der Waals surface area contributed by atoms with Crippen LogP contribution in [-0.4, -0.2) is 19.1 Å². The quantitative estimate of drug-likeness (QED) is 0.847. The summed E-state index contributed by atoms with van der Waals surface area (Å²) in [5, 5.41) is 2.55. The van der Waals surface area contributed by atoms with E-state index in [9.17, 15) is 4.79 Å². The third-order valence-electron chi connectivity index (χ3n) is 2.48.